The molecule has 0 fully saturated rings. The summed E-state index contributed by atoms with van der Waals surface area (Å²) in [5.74, 6) is -1.02. The van der Waals surface area contributed by atoms with Crippen molar-refractivity contribution >= 4 is 28.7 Å². The van der Waals surface area contributed by atoms with Crippen molar-refractivity contribution in [1.29, 1.82) is 0 Å². The second kappa shape index (κ2) is 5.50. The zero-order chi connectivity index (χ0) is 14.9. The number of hydrogen-bond acceptors (Lipinski definition) is 5. The third-order valence-electron chi connectivity index (χ3n) is 3.01. The van der Waals surface area contributed by atoms with Gasteiger partial charge in [-0.05, 0) is 38.5 Å². The molecule has 1 atom stereocenters. The topological polar surface area (TPSA) is 88.2 Å². The average Bonchev–Trinajstić information content (AvgIpc) is 2.80. The van der Waals surface area contributed by atoms with Crippen LogP contribution in [-0.2, 0) is 0 Å². The highest BCUT2D eigenvalue weighted by Crippen LogP contribution is 2.27. The Labute approximate surface area is 121 Å². The fraction of sp³-hybridized carbons (Fsp3) is 0.286. The Balaban J connectivity index is 2.27. The quantitative estimate of drug-likeness (QED) is 0.753. The molecule has 0 aliphatic carbocycles. The standard InChI is InChI=1S/C14H17N3O2S/c1-7-4-10(5-11(12(7)15)14(18)19)17-9(3)13-16-8(2)6-20-13/h4-6,9,17H,15H2,1-3H3,(H,18,19). The Bertz CT molecular complexity index is 652. The number of nitrogens with two attached hydrogens (primary N) is 1. The molecule has 0 aliphatic heterocycles. The first-order valence-corrected chi connectivity index (χ1v) is 7.08. The molecule has 0 amide bonds. The number of carboxylic acids is 1. The highest BCUT2D eigenvalue weighted by molar-refractivity contribution is 7.09. The summed E-state index contributed by atoms with van der Waals surface area (Å²) in [4.78, 5) is 15.6. The van der Waals surface area contributed by atoms with Crippen LogP contribution >= 0.6 is 11.3 Å². The molecule has 5 nitrogen and oxygen atoms in total. The van der Waals surface area contributed by atoms with Gasteiger partial charge in [0.25, 0.3) is 0 Å². The fourth-order valence-corrected chi connectivity index (χ4v) is 2.75. The first-order valence-electron chi connectivity index (χ1n) is 6.20. The molecule has 20 heavy (non-hydrogen) atoms. The van der Waals surface area contributed by atoms with Gasteiger partial charge >= 0.3 is 5.97 Å². The minimum atomic E-state index is -1.02. The van der Waals surface area contributed by atoms with Crippen molar-refractivity contribution in [1.82, 2.24) is 4.98 Å². The number of carbonyl (C=O) groups is 1. The van der Waals surface area contributed by atoms with Gasteiger partial charge in [-0.1, -0.05) is 0 Å². The van der Waals surface area contributed by atoms with Crippen LogP contribution in [0.4, 0.5) is 11.4 Å². The van der Waals surface area contributed by atoms with Gasteiger partial charge in [0.1, 0.15) is 5.01 Å². The lowest BCUT2D eigenvalue weighted by molar-refractivity contribution is 0.0698. The Hall–Kier alpha value is -2.08. The van der Waals surface area contributed by atoms with E-state index in [0.29, 0.717) is 5.69 Å². The van der Waals surface area contributed by atoms with Gasteiger partial charge in [0.2, 0.25) is 0 Å². The van der Waals surface area contributed by atoms with Gasteiger partial charge in [-0.3, -0.25) is 0 Å². The number of nitrogens with one attached hydrogen (secondary N) is 1. The number of carboxylic acid groups (broad SMARTS) is 1. The van der Waals surface area contributed by atoms with Gasteiger partial charge < -0.3 is 16.2 Å². The second-order valence-electron chi connectivity index (χ2n) is 4.75. The first kappa shape index (κ1) is 14.3. The molecule has 0 bridgehead atoms. The molecule has 0 spiro atoms. The molecule has 0 saturated heterocycles. The molecule has 2 rings (SSSR count). The van der Waals surface area contributed by atoms with E-state index < -0.39 is 5.97 Å². The molecule has 1 unspecified atom stereocenters. The van der Waals surface area contributed by atoms with E-state index in [1.54, 1.807) is 24.3 Å². The van der Waals surface area contributed by atoms with Crippen LogP contribution in [0, 0.1) is 13.8 Å². The van der Waals surface area contributed by atoms with Crippen LogP contribution in [0.15, 0.2) is 17.5 Å². The van der Waals surface area contributed by atoms with E-state index in [1.165, 1.54) is 0 Å². The van der Waals surface area contributed by atoms with Crippen LogP contribution < -0.4 is 11.1 Å². The molecule has 1 aromatic carbocycles. The summed E-state index contributed by atoms with van der Waals surface area (Å²) < 4.78 is 0. The Morgan fingerprint density at radius 3 is 2.70 bits per heavy atom. The smallest absolute Gasteiger partial charge is 0.337 e. The summed E-state index contributed by atoms with van der Waals surface area (Å²) in [6.45, 7) is 5.73. The molecule has 4 N–H and O–H groups in total. The number of hydrogen-bond donors (Lipinski definition) is 3. The molecule has 106 valence electrons. The van der Waals surface area contributed by atoms with E-state index in [-0.39, 0.29) is 11.6 Å². The van der Waals surface area contributed by atoms with Crippen molar-refractivity contribution < 1.29 is 9.90 Å². The Morgan fingerprint density at radius 1 is 1.45 bits per heavy atom. The minimum Gasteiger partial charge on any atom is -0.478 e. The normalized spacial score (nSPS) is 12.2. The lowest BCUT2D eigenvalue weighted by Crippen LogP contribution is -2.10. The molecular formula is C14H17N3O2S. The molecule has 2 aromatic rings. The molecule has 0 saturated carbocycles. The van der Waals surface area contributed by atoms with Gasteiger partial charge in [-0.2, -0.15) is 0 Å². The molecule has 1 heterocycles. The molecule has 1 aromatic heterocycles. The fourth-order valence-electron chi connectivity index (χ4n) is 1.94. The van der Waals surface area contributed by atoms with Crippen LogP contribution in [0.5, 0.6) is 0 Å². The van der Waals surface area contributed by atoms with Crippen LogP contribution in [-0.4, -0.2) is 16.1 Å². The van der Waals surface area contributed by atoms with Gasteiger partial charge in [-0.15, -0.1) is 11.3 Å². The average molecular weight is 291 g/mol. The summed E-state index contributed by atoms with van der Waals surface area (Å²) in [5.41, 5.74) is 8.67. The summed E-state index contributed by atoms with van der Waals surface area (Å²) in [6, 6.07) is 3.42. The third-order valence-corrected chi connectivity index (χ3v) is 4.15. The highest BCUT2D eigenvalue weighted by atomic mass is 32.1. The maximum Gasteiger partial charge on any atom is 0.337 e. The van der Waals surface area contributed by atoms with E-state index >= 15 is 0 Å². The van der Waals surface area contributed by atoms with Crippen molar-refractivity contribution in [2.45, 2.75) is 26.8 Å². The van der Waals surface area contributed by atoms with E-state index in [4.69, 9.17) is 10.8 Å². The third kappa shape index (κ3) is 2.91. The number of anilines is 2. The second-order valence-corrected chi connectivity index (χ2v) is 5.64. The van der Waals surface area contributed by atoms with E-state index in [1.807, 2.05) is 25.3 Å². The Kier molecular flexibility index (Phi) is 3.94. The summed E-state index contributed by atoms with van der Waals surface area (Å²) in [7, 11) is 0. The van der Waals surface area contributed by atoms with Crippen molar-refractivity contribution in [2.24, 2.45) is 0 Å². The zero-order valence-corrected chi connectivity index (χ0v) is 12.4. The number of nitrogens with zero attached hydrogens (tertiary/aromatic N) is 1. The first-order chi connectivity index (χ1) is 9.38. The minimum absolute atomic E-state index is 0.0124. The maximum atomic E-state index is 11.2. The number of thiazole rings is 1. The molecule has 0 radical (unpaired) electrons. The predicted molar refractivity (Wildman–Crippen MR) is 81.4 cm³/mol. The molecule has 6 heteroatoms. The lowest BCUT2D eigenvalue weighted by atomic mass is 10.1. The lowest BCUT2D eigenvalue weighted by Gasteiger charge is -2.15. The summed E-state index contributed by atoms with van der Waals surface area (Å²) in [5, 5.41) is 15.4. The zero-order valence-electron chi connectivity index (χ0n) is 11.6. The van der Waals surface area contributed by atoms with Gasteiger partial charge in [0.15, 0.2) is 0 Å². The number of nitrogen functional groups attached to an aromatic ring is 1. The predicted octanol–water partition coefficient (Wildman–Crippen LogP) is 3.21. The number of benzene rings is 1. The maximum absolute atomic E-state index is 11.2. The van der Waals surface area contributed by atoms with Gasteiger partial charge in [0.05, 0.1) is 11.6 Å². The van der Waals surface area contributed by atoms with Crippen LogP contribution in [0.2, 0.25) is 0 Å². The van der Waals surface area contributed by atoms with Crippen LogP contribution in [0.3, 0.4) is 0 Å². The summed E-state index contributed by atoms with van der Waals surface area (Å²) in [6.07, 6.45) is 0. The van der Waals surface area contributed by atoms with Gasteiger partial charge in [0, 0.05) is 22.4 Å². The van der Waals surface area contributed by atoms with Crippen LogP contribution in [0.25, 0.3) is 0 Å². The van der Waals surface area contributed by atoms with Crippen LogP contribution in [0.1, 0.15) is 39.6 Å². The van der Waals surface area contributed by atoms with E-state index in [9.17, 15) is 4.79 Å². The molecule has 0 aliphatic rings. The Morgan fingerprint density at radius 2 is 2.15 bits per heavy atom. The van der Waals surface area contributed by atoms with Crippen molar-refractivity contribution in [3.8, 4) is 0 Å². The monoisotopic (exact) mass is 291 g/mol. The molecular weight excluding hydrogens is 274 g/mol. The SMILES string of the molecule is Cc1csc(C(C)Nc2cc(C)c(N)c(C(=O)O)c2)n1. The van der Waals surface area contributed by atoms with E-state index in [2.05, 4.69) is 10.3 Å². The van der Waals surface area contributed by atoms with Crippen molar-refractivity contribution in [3.05, 3.63) is 39.3 Å². The number of aromatic carboxylic acids is 1. The van der Waals surface area contributed by atoms with Gasteiger partial charge in [-0.25, -0.2) is 9.78 Å². The van der Waals surface area contributed by atoms with Crippen molar-refractivity contribution in [3.63, 3.8) is 0 Å². The van der Waals surface area contributed by atoms with Crippen molar-refractivity contribution in [2.75, 3.05) is 11.1 Å². The highest BCUT2D eigenvalue weighted by Gasteiger charge is 2.14. The largest absolute Gasteiger partial charge is 0.478 e. The number of rotatable bonds is 4. The van der Waals surface area contributed by atoms with E-state index in [0.717, 1.165) is 22.0 Å². The summed E-state index contributed by atoms with van der Waals surface area (Å²) >= 11 is 1.58. The number of aromatic nitrogens is 1. The number of aryl methyl sites for hydroxylation is 2.